The van der Waals surface area contributed by atoms with Gasteiger partial charge in [-0.15, -0.1) is 11.3 Å². The SMILES string of the molecule is Cn1cc(-c2cc(C(=O)O)cc(S(=O)c3cnc(CN)s3)c2)cn1. The summed E-state index contributed by atoms with van der Waals surface area (Å²) in [5.74, 6) is -1.08. The number of nitrogens with zero attached hydrogens (tertiary/aromatic N) is 3. The Labute approximate surface area is 144 Å². The molecule has 124 valence electrons. The molecule has 1 unspecified atom stereocenters. The number of carboxylic acid groups (broad SMARTS) is 1. The van der Waals surface area contributed by atoms with E-state index >= 15 is 0 Å². The molecule has 3 aromatic rings. The first-order chi connectivity index (χ1) is 11.5. The Bertz CT molecular complexity index is 932. The fourth-order valence-corrected chi connectivity index (χ4v) is 4.41. The molecule has 1 atom stereocenters. The maximum Gasteiger partial charge on any atom is 0.335 e. The summed E-state index contributed by atoms with van der Waals surface area (Å²) in [6.45, 7) is 0.276. The van der Waals surface area contributed by atoms with Crippen molar-refractivity contribution in [3.8, 4) is 11.1 Å². The Morgan fingerprint density at radius 2 is 2.12 bits per heavy atom. The molecule has 3 rings (SSSR count). The van der Waals surface area contributed by atoms with E-state index in [0.29, 0.717) is 19.7 Å². The van der Waals surface area contributed by atoms with Gasteiger partial charge in [-0.05, 0) is 23.8 Å². The van der Waals surface area contributed by atoms with Crippen LogP contribution in [-0.4, -0.2) is 30.0 Å². The van der Waals surface area contributed by atoms with Crippen LogP contribution >= 0.6 is 11.3 Å². The standard InChI is InChI=1S/C15H14N4O3S2/c1-19-8-11(6-18-19)9-2-10(15(20)21)4-12(3-9)24(22)14-7-17-13(5-16)23-14/h2-4,6-8H,5,16H2,1H3,(H,20,21). The molecule has 2 aromatic heterocycles. The van der Waals surface area contributed by atoms with Crippen molar-refractivity contribution >= 4 is 28.1 Å². The molecule has 2 heterocycles. The predicted octanol–water partition coefficient (Wildman–Crippen LogP) is 1.87. The third kappa shape index (κ3) is 3.28. The van der Waals surface area contributed by atoms with Gasteiger partial charge < -0.3 is 10.8 Å². The number of hydrogen-bond donors (Lipinski definition) is 2. The quantitative estimate of drug-likeness (QED) is 0.717. The minimum Gasteiger partial charge on any atom is -0.478 e. The van der Waals surface area contributed by atoms with E-state index in [9.17, 15) is 14.1 Å². The third-order valence-corrected chi connectivity index (χ3v) is 5.95. The lowest BCUT2D eigenvalue weighted by molar-refractivity contribution is 0.0696. The fraction of sp³-hybridized carbons (Fsp3) is 0.133. The van der Waals surface area contributed by atoms with Crippen molar-refractivity contribution in [2.75, 3.05) is 0 Å². The number of thiazole rings is 1. The van der Waals surface area contributed by atoms with Gasteiger partial charge in [-0.1, -0.05) is 0 Å². The van der Waals surface area contributed by atoms with Gasteiger partial charge >= 0.3 is 5.97 Å². The molecule has 0 aliphatic carbocycles. The Hall–Kier alpha value is -2.36. The molecule has 0 radical (unpaired) electrons. The first kappa shape index (κ1) is 16.5. The average Bonchev–Trinajstić information content (AvgIpc) is 3.22. The van der Waals surface area contributed by atoms with Gasteiger partial charge in [0.05, 0.1) is 28.8 Å². The molecule has 0 spiro atoms. The van der Waals surface area contributed by atoms with Gasteiger partial charge in [-0.2, -0.15) is 5.10 Å². The first-order valence-corrected chi connectivity index (χ1v) is 8.88. The smallest absolute Gasteiger partial charge is 0.335 e. The van der Waals surface area contributed by atoms with Crippen LogP contribution < -0.4 is 5.73 Å². The normalized spacial score (nSPS) is 12.2. The Morgan fingerprint density at radius 1 is 1.33 bits per heavy atom. The number of benzene rings is 1. The highest BCUT2D eigenvalue weighted by molar-refractivity contribution is 7.87. The molecule has 24 heavy (non-hydrogen) atoms. The van der Waals surface area contributed by atoms with Crippen molar-refractivity contribution < 1.29 is 14.1 Å². The highest BCUT2D eigenvalue weighted by Gasteiger charge is 2.16. The lowest BCUT2D eigenvalue weighted by atomic mass is 10.1. The van der Waals surface area contributed by atoms with Crippen LogP contribution in [0.25, 0.3) is 11.1 Å². The lowest BCUT2D eigenvalue weighted by Gasteiger charge is -2.05. The molecule has 1 aromatic carbocycles. The Balaban J connectivity index is 2.08. The van der Waals surface area contributed by atoms with E-state index in [1.54, 1.807) is 30.2 Å². The van der Waals surface area contributed by atoms with Gasteiger partial charge in [0.1, 0.15) is 9.22 Å². The molecule has 0 saturated heterocycles. The van der Waals surface area contributed by atoms with Crippen LogP contribution in [0.2, 0.25) is 0 Å². The highest BCUT2D eigenvalue weighted by Crippen LogP contribution is 2.28. The second kappa shape index (κ2) is 6.63. The van der Waals surface area contributed by atoms with Crippen LogP contribution in [-0.2, 0) is 24.4 Å². The second-order valence-corrected chi connectivity index (χ2v) is 7.82. The topological polar surface area (TPSA) is 111 Å². The number of hydrogen-bond acceptors (Lipinski definition) is 6. The van der Waals surface area contributed by atoms with E-state index in [4.69, 9.17) is 5.73 Å². The van der Waals surface area contributed by atoms with Crippen LogP contribution in [0.3, 0.4) is 0 Å². The van der Waals surface area contributed by atoms with Crippen molar-refractivity contribution in [2.45, 2.75) is 15.6 Å². The monoisotopic (exact) mass is 362 g/mol. The number of carbonyl (C=O) groups is 1. The van der Waals surface area contributed by atoms with Crippen LogP contribution in [0.15, 0.2) is 45.9 Å². The largest absolute Gasteiger partial charge is 0.478 e. The Kier molecular flexibility index (Phi) is 4.56. The zero-order chi connectivity index (χ0) is 17.3. The minimum absolute atomic E-state index is 0.0725. The van der Waals surface area contributed by atoms with E-state index in [1.807, 2.05) is 0 Å². The number of aryl methyl sites for hydroxylation is 1. The van der Waals surface area contributed by atoms with E-state index in [0.717, 1.165) is 5.56 Å². The van der Waals surface area contributed by atoms with Crippen molar-refractivity contribution in [2.24, 2.45) is 12.8 Å². The van der Waals surface area contributed by atoms with Crippen molar-refractivity contribution in [1.29, 1.82) is 0 Å². The predicted molar refractivity (Wildman–Crippen MR) is 90.3 cm³/mol. The maximum atomic E-state index is 12.8. The molecular formula is C15H14N4O3S2. The Morgan fingerprint density at radius 3 is 2.71 bits per heavy atom. The number of carboxylic acids is 1. The number of aromatic nitrogens is 3. The van der Waals surface area contributed by atoms with Crippen molar-refractivity contribution in [1.82, 2.24) is 14.8 Å². The summed E-state index contributed by atoms with van der Waals surface area (Å²) in [5.41, 5.74) is 7.01. The summed E-state index contributed by atoms with van der Waals surface area (Å²) in [4.78, 5) is 15.9. The van der Waals surface area contributed by atoms with Crippen LogP contribution in [0.1, 0.15) is 15.4 Å². The number of nitrogens with two attached hydrogens (primary N) is 1. The van der Waals surface area contributed by atoms with Gasteiger partial charge in [0.2, 0.25) is 0 Å². The van der Waals surface area contributed by atoms with Gasteiger partial charge in [-0.25, -0.2) is 14.0 Å². The van der Waals surface area contributed by atoms with Gasteiger partial charge in [-0.3, -0.25) is 4.68 Å². The number of aromatic carboxylic acids is 1. The van der Waals surface area contributed by atoms with Crippen LogP contribution in [0.4, 0.5) is 0 Å². The van der Waals surface area contributed by atoms with Crippen LogP contribution in [0, 0.1) is 0 Å². The van der Waals surface area contributed by atoms with Crippen LogP contribution in [0.5, 0.6) is 0 Å². The fourth-order valence-electron chi connectivity index (χ4n) is 2.16. The van der Waals surface area contributed by atoms with Gasteiger partial charge in [0, 0.05) is 30.2 Å². The maximum absolute atomic E-state index is 12.8. The molecule has 0 saturated carbocycles. The molecule has 0 fully saturated rings. The van der Waals surface area contributed by atoms with E-state index in [2.05, 4.69) is 10.1 Å². The zero-order valence-corrected chi connectivity index (χ0v) is 14.3. The lowest BCUT2D eigenvalue weighted by Crippen LogP contribution is -2.00. The molecule has 0 amide bonds. The molecular weight excluding hydrogens is 348 g/mol. The van der Waals surface area contributed by atoms with Crippen molar-refractivity contribution in [3.63, 3.8) is 0 Å². The molecule has 9 heteroatoms. The molecule has 0 bridgehead atoms. The summed E-state index contributed by atoms with van der Waals surface area (Å²) in [5, 5.41) is 14.1. The second-order valence-electron chi connectivity index (χ2n) is 5.00. The summed E-state index contributed by atoms with van der Waals surface area (Å²) in [6, 6.07) is 4.67. The molecule has 7 nitrogen and oxygen atoms in total. The number of rotatable bonds is 5. The first-order valence-electron chi connectivity index (χ1n) is 6.92. The highest BCUT2D eigenvalue weighted by atomic mass is 32.2. The summed E-state index contributed by atoms with van der Waals surface area (Å²) < 4.78 is 14.9. The molecule has 0 aliphatic heterocycles. The van der Waals surface area contributed by atoms with E-state index < -0.39 is 16.8 Å². The molecule has 0 aliphatic rings. The molecule has 3 N–H and O–H groups in total. The van der Waals surface area contributed by atoms with E-state index in [-0.39, 0.29) is 12.1 Å². The van der Waals surface area contributed by atoms with Crippen molar-refractivity contribution in [3.05, 3.63) is 47.4 Å². The summed E-state index contributed by atoms with van der Waals surface area (Å²) in [6.07, 6.45) is 4.92. The average molecular weight is 362 g/mol. The van der Waals surface area contributed by atoms with Gasteiger partial charge in [0.25, 0.3) is 0 Å². The van der Waals surface area contributed by atoms with E-state index in [1.165, 1.54) is 29.7 Å². The third-order valence-electron chi connectivity index (χ3n) is 3.30. The summed E-state index contributed by atoms with van der Waals surface area (Å²) in [7, 11) is 0.251. The summed E-state index contributed by atoms with van der Waals surface area (Å²) >= 11 is 1.26. The van der Waals surface area contributed by atoms with Gasteiger partial charge in [0.15, 0.2) is 0 Å². The zero-order valence-electron chi connectivity index (χ0n) is 12.7. The minimum atomic E-state index is -1.52.